The second kappa shape index (κ2) is 9.14. The fourth-order valence-corrected chi connectivity index (χ4v) is 4.30. The van der Waals surface area contributed by atoms with E-state index in [9.17, 15) is 14.7 Å². The summed E-state index contributed by atoms with van der Waals surface area (Å²) >= 11 is 0. The van der Waals surface area contributed by atoms with Crippen molar-refractivity contribution < 1.29 is 19.4 Å². The number of carbonyl (C=O) groups is 2. The van der Waals surface area contributed by atoms with Gasteiger partial charge in [0.1, 0.15) is 6.61 Å². The number of aryl methyl sites for hydroxylation is 1. The SMILES string of the molecule is NC(CCc1ccccc1)[C@H](C(=O)O)C(=O)OCC1c2ccccc2-c2ccccc21. The summed E-state index contributed by atoms with van der Waals surface area (Å²) < 4.78 is 5.54. The highest BCUT2D eigenvalue weighted by atomic mass is 16.5. The number of hydrogen-bond acceptors (Lipinski definition) is 4. The fourth-order valence-electron chi connectivity index (χ4n) is 4.30. The van der Waals surface area contributed by atoms with Crippen LogP contribution < -0.4 is 5.73 Å². The Morgan fingerprint density at radius 1 is 0.871 bits per heavy atom. The normalized spacial score (nSPS) is 14.4. The Balaban J connectivity index is 1.44. The fraction of sp³-hybridized carbons (Fsp3) is 0.231. The molecule has 0 radical (unpaired) electrons. The third-order valence-electron chi connectivity index (χ3n) is 5.91. The molecule has 0 spiro atoms. The molecule has 5 heteroatoms. The van der Waals surface area contributed by atoms with Crippen molar-refractivity contribution in [3.63, 3.8) is 0 Å². The number of ether oxygens (including phenoxy) is 1. The van der Waals surface area contributed by atoms with Gasteiger partial charge < -0.3 is 15.6 Å². The maximum Gasteiger partial charge on any atom is 0.321 e. The van der Waals surface area contributed by atoms with E-state index in [-0.39, 0.29) is 12.5 Å². The van der Waals surface area contributed by atoms with Crippen LogP contribution >= 0.6 is 0 Å². The Labute approximate surface area is 181 Å². The van der Waals surface area contributed by atoms with Crippen LogP contribution in [0.3, 0.4) is 0 Å². The van der Waals surface area contributed by atoms with E-state index in [1.165, 1.54) is 0 Å². The molecule has 2 atom stereocenters. The molecule has 0 bridgehead atoms. The van der Waals surface area contributed by atoms with E-state index < -0.39 is 23.9 Å². The molecule has 5 nitrogen and oxygen atoms in total. The summed E-state index contributed by atoms with van der Waals surface area (Å²) in [6.45, 7) is 0.0854. The number of nitrogens with two attached hydrogens (primary N) is 1. The van der Waals surface area contributed by atoms with Gasteiger partial charge in [0.2, 0.25) is 0 Å². The number of rotatable bonds is 8. The first kappa shape index (κ1) is 20.8. The minimum Gasteiger partial charge on any atom is -0.481 e. The second-order valence-corrected chi connectivity index (χ2v) is 7.86. The van der Waals surface area contributed by atoms with Gasteiger partial charge in [-0.3, -0.25) is 9.59 Å². The number of carbonyl (C=O) groups excluding carboxylic acids is 1. The predicted octanol–water partition coefficient (Wildman–Crippen LogP) is 4.00. The van der Waals surface area contributed by atoms with Crippen LogP contribution in [0.25, 0.3) is 11.1 Å². The number of carboxylic acids is 1. The van der Waals surface area contributed by atoms with Crippen LogP contribution in [0.15, 0.2) is 78.9 Å². The van der Waals surface area contributed by atoms with Gasteiger partial charge in [-0.15, -0.1) is 0 Å². The van der Waals surface area contributed by atoms with E-state index >= 15 is 0 Å². The average Bonchev–Trinajstić information content (AvgIpc) is 3.11. The van der Waals surface area contributed by atoms with Crippen molar-refractivity contribution in [3.05, 3.63) is 95.6 Å². The van der Waals surface area contributed by atoms with Gasteiger partial charge in [0.15, 0.2) is 5.92 Å². The molecule has 158 valence electrons. The Bertz CT molecular complexity index is 1030. The van der Waals surface area contributed by atoms with E-state index in [1.807, 2.05) is 66.7 Å². The van der Waals surface area contributed by atoms with Crippen LogP contribution in [0, 0.1) is 5.92 Å². The molecule has 31 heavy (non-hydrogen) atoms. The molecule has 4 rings (SSSR count). The summed E-state index contributed by atoms with van der Waals surface area (Å²) in [6, 6.07) is 24.9. The van der Waals surface area contributed by atoms with Crippen molar-refractivity contribution in [2.24, 2.45) is 11.7 Å². The molecule has 0 aromatic heterocycles. The maximum atomic E-state index is 12.7. The molecule has 0 amide bonds. The van der Waals surface area contributed by atoms with Gasteiger partial charge in [0, 0.05) is 12.0 Å². The number of fused-ring (bicyclic) bond motifs is 3. The predicted molar refractivity (Wildman–Crippen MR) is 119 cm³/mol. The van der Waals surface area contributed by atoms with E-state index in [1.54, 1.807) is 0 Å². The number of benzene rings is 3. The van der Waals surface area contributed by atoms with Crippen LogP contribution in [0.5, 0.6) is 0 Å². The van der Waals surface area contributed by atoms with Gasteiger partial charge in [0.25, 0.3) is 0 Å². The molecule has 0 fully saturated rings. The highest BCUT2D eigenvalue weighted by Crippen LogP contribution is 2.44. The van der Waals surface area contributed by atoms with Crippen molar-refractivity contribution in [2.45, 2.75) is 24.8 Å². The average molecular weight is 415 g/mol. The number of esters is 1. The van der Waals surface area contributed by atoms with E-state index in [4.69, 9.17) is 10.5 Å². The monoisotopic (exact) mass is 415 g/mol. The highest BCUT2D eigenvalue weighted by Gasteiger charge is 2.36. The van der Waals surface area contributed by atoms with Crippen LogP contribution in [-0.4, -0.2) is 29.7 Å². The third-order valence-corrected chi connectivity index (χ3v) is 5.91. The first-order valence-electron chi connectivity index (χ1n) is 10.4. The van der Waals surface area contributed by atoms with Crippen molar-refractivity contribution in [2.75, 3.05) is 6.61 Å². The number of carboxylic acid groups (broad SMARTS) is 1. The van der Waals surface area contributed by atoms with Crippen LogP contribution in [-0.2, 0) is 20.7 Å². The molecule has 1 aliphatic carbocycles. The minimum absolute atomic E-state index is 0.0854. The molecule has 3 aromatic carbocycles. The van der Waals surface area contributed by atoms with Crippen molar-refractivity contribution in [1.82, 2.24) is 0 Å². The lowest BCUT2D eigenvalue weighted by atomic mass is 9.94. The molecule has 0 saturated carbocycles. The maximum absolute atomic E-state index is 12.7. The number of hydrogen-bond donors (Lipinski definition) is 2. The molecule has 0 saturated heterocycles. The van der Waals surface area contributed by atoms with Gasteiger partial charge >= 0.3 is 11.9 Å². The van der Waals surface area contributed by atoms with Crippen LogP contribution in [0.4, 0.5) is 0 Å². The zero-order valence-electron chi connectivity index (χ0n) is 17.1. The van der Waals surface area contributed by atoms with Crippen molar-refractivity contribution in [3.8, 4) is 11.1 Å². The molecule has 1 unspecified atom stereocenters. The largest absolute Gasteiger partial charge is 0.481 e. The zero-order chi connectivity index (χ0) is 21.8. The van der Waals surface area contributed by atoms with Gasteiger partial charge in [-0.2, -0.15) is 0 Å². The quantitative estimate of drug-likeness (QED) is 0.429. The lowest BCUT2D eigenvalue weighted by molar-refractivity contribution is -0.159. The Morgan fingerprint density at radius 2 is 1.42 bits per heavy atom. The van der Waals surface area contributed by atoms with Crippen LogP contribution in [0.1, 0.15) is 29.0 Å². The molecular formula is C26H25NO4. The molecule has 0 heterocycles. The Kier molecular flexibility index (Phi) is 6.14. The van der Waals surface area contributed by atoms with Gasteiger partial charge in [-0.05, 0) is 40.7 Å². The molecular weight excluding hydrogens is 390 g/mol. The lowest BCUT2D eigenvalue weighted by Crippen LogP contribution is -2.42. The topological polar surface area (TPSA) is 89.6 Å². The standard InChI is InChI=1S/C26H25NO4/c27-23(15-14-17-8-2-1-3-9-17)24(25(28)29)26(30)31-16-22-20-12-6-4-10-18(20)19-11-5-7-13-21(19)22/h1-13,22-24H,14-16,27H2,(H,28,29)/t23?,24-/m1/s1. The highest BCUT2D eigenvalue weighted by molar-refractivity contribution is 5.95. The molecule has 3 aromatic rings. The van der Waals surface area contributed by atoms with Crippen LogP contribution in [0.2, 0.25) is 0 Å². The third kappa shape index (κ3) is 4.37. The van der Waals surface area contributed by atoms with Crippen molar-refractivity contribution in [1.29, 1.82) is 0 Å². The first-order chi connectivity index (χ1) is 15.1. The van der Waals surface area contributed by atoms with E-state index in [0.717, 1.165) is 27.8 Å². The molecule has 0 aliphatic heterocycles. The summed E-state index contributed by atoms with van der Waals surface area (Å²) in [5, 5.41) is 9.64. The van der Waals surface area contributed by atoms with Gasteiger partial charge in [0.05, 0.1) is 0 Å². The second-order valence-electron chi connectivity index (χ2n) is 7.86. The first-order valence-corrected chi connectivity index (χ1v) is 10.4. The lowest BCUT2D eigenvalue weighted by Gasteiger charge is -2.21. The summed E-state index contributed by atoms with van der Waals surface area (Å²) in [5.41, 5.74) is 11.6. The minimum atomic E-state index is -1.39. The smallest absolute Gasteiger partial charge is 0.321 e. The molecule has 3 N–H and O–H groups in total. The summed E-state index contributed by atoms with van der Waals surface area (Å²) in [7, 11) is 0. The van der Waals surface area contributed by atoms with E-state index in [2.05, 4.69) is 12.1 Å². The Hall–Kier alpha value is -3.44. The number of aliphatic carboxylic acids is 1. The summed E-state index contributed by atoms with van der Waals surface area (Å²) in [6.07, 6.45) is 0.980. The zero-order valence-corrected chi connectivity index (χ0v) is 17.1. The van der Waals surface area contributed by atoms with E-state index in [0.29, 0.717) is 12.8 Å². The Morgan fingerprint density at radius 3 is 2.00 bits per heavy atom. The summed E-state index contributed by atoms with van der Waals surface area (Å²) in [4.78, 5) is 24.5. The van der Waals surface area contributed by atoms with Gasteiger partial charge in [-0.25, -0.2) is 0 Å². The van der Waals surface area contributed by atoms with Crippen molar-refractivity contribution >= 4 is 11.9 Å². The van der Waals surface area contributed by atoms with Gasteiger partial charge in [-0.1, -0.05) is 78.9 Å². The summed E-state index contributed by atoms with van der Waals surface area (Å²) in [5.74, 6) is -3.55. The molecule has 1 aliphatic rings.